The largest absolute Gasteiger partial charge is 0.467 e. The van der Waals surface area contributed by atoms with E-state index in [4.69, 9.17) is 15.2 Å². The monoisotopic (exact) mass is 435 g/mol. The molecule has 1 aromatic carbocycles. The average Bonchev–Trinajstić information content (AvgIpc) is 2.68. The predicted molar refractivity (Wildman–Crippen MR) is 115 cm³/mol. The summed E-state index contributed by atoms with van der Waals surface area (Å²) in [6, 6.07) is 6.23. The van der Waals surface area contributed by atoms with Gasteiger partial charge >= 0.3 is 11.9 Å². The van der Waals surface area contributed by atoms with Gasteiger partial charge in [0.2, 0.25) is 11.8 Å². The van der Waals surface area contributed by atoms with Crippen molar-refractivity contribution in [2.45, 2.75) is 70.7 Å². The molecule has 0 saturated heterocycles. The van der Waals surface area contributed by atoms with Gasteiger partial charge in [0.15, 0.2) is 0 Å². The van der Waals surface area contributed by atoms with Gasteiger partial charge in [-0.25, -0.2) is 4.79 Å². The SMILES string of the molecule is COC(=O)[C@@H](Cc1ccccc1)NC(=O)[C@@H](CCC(=O)OC(C)(C)C)NC(=O)[C@@H](C)N. The lowest BCUT2D eigenvalue weighted by atomic mass is 10.0. The van der Waals surface area contributed by atoms with Crippen LogP contribution in [0.15, 0.2) is 30.3 Å². The Kier molecular flexibility index (Phi) is 10.1. The van der Waals surface area contributed by atoms with E-state index in [1.165, 1.54) is 14.0 Å². The molecule has 0 aliphatic rings. The highest BCUT2D eigenvalue weighted by Crippen LogP contribution is 2.11. The average molecular weight is 436 g/mol. The second-order valence-electron chi connectivity index (χ2n) is 8.25. The lowest BCUT2D eigenvalue weighted by Gasteiger charge is -2.24. The van der Waals surface area contributed by atoms with Gasteiger partial charge in [-0.2, -0.15) is 0 Å². The molecule has 0 aromatic heterocycles. The van der Waals surface area contributed by atoms with E-state index in [0.29, 0.717) is 0 Å². The molecule has 0 aliphatic carbocycles. The first-order chi connectivity index (χ1) is 14.4. The van der Waals surface area contributed by atoms with Gasteiger partial charge < -0.3 is 25.8 Å². The van der Waals surface area contributed by atoms with E-state index in [9.17, 15) is 19.2 Å². The second-order valence-corrected chi connectivity index (χ2v) is 8.25. The summed E-state index contributed by atoms with van der Waals surface area (Å²) in [5.41, 5.74) is 5.74. The van der Waals surface area contributed by atoms with Gasteiger partial charge in [0.05, 0.1) is 13.2 Å². The van der Waals surface area contributed by atoms with Crippen molar-refractivity contribution in [1.29, 1.82) is 0 Å². The van der Waals surface area contributed by atoms with E-state index in [1.807, 2.05) is 30.3 Å². The summed E-state index contributed by atoms with van der Waals surface area (Å²) in [5, 5.41) is 5.14. The molecule has 9 heteroatoms. The molecular weight excluding hydrogens is 402 g/mol. The third-order valence-corrected chi connectivity index (χ3v) is 4.19. The number of hydrogen-bond acceptors (Lipinski definition) is 7. The molecule has 0 unspecified atom stereocenters. The Bertz CT molecular complexity index is 758. The summed E-state index contributed by atoms with van der Waals surface area (Å²) in [6.07, 6.45) is 0.0911. The highest BCUT2D eigenvalue weighted by atomic mass is 16.6. The van der Waals surface area contributed by atoms with Crippen molar-refractivity contribution in [2.24, 2.45) is 5.73 Å². The van der Waals surface area contributed by atoms with E-state index in [1.54, 1.807) is 20.8 Å². The first-order valence-corrected chi connectivity index (χ1v) is 10.1. The zero-order valence-electron chi connectivity index (χ0n) is 18.8. The molecule has 0 bridgehead atoms. The molecule has 0 aliphatic heterocycles. The molecule has 0 fully saturated rings. The summed E-state index contributed by atoms with van der Waals surface area (Å²) >= 11 is 0. The Morgan fingerprint density at radius 3 is 2.10 bits per heavy atom. The number of rotatable bonds is 10. The molecule has 31 heavy (non-hydrogen) atoms. The van der Waals surface area contributed by atoms with Crippen molar-refractivity contribution in [3.8, 4) is 0 Å². The van der Waals surface area contributed by atoms with Crippen LogP contribution in [0.1, 0.15) is 46.1 Å². The summed E-state index contributed by atoms with van der Waals surface area (Å²) < 4.78 is 10.1. The fraction of sp³-hybridized carbons (Fsp3) is 0.545. The number of amides is 2. The van der Waals surface area contributed by atoms with Crippen LogP contribution in [0.3, 0.4) is 0 Å². The van der Waals surface area contributed by atoms with E-state index in [-0.39, 0.29) is 19.3 Å². The van der Waals surface area contributed by atoms with Crippen molar-refractivity contribution in [1.82, 2.24) is 10.6 Å². The normalized spacial score (nSPS) is 14.0. The third kappa shape index (κ3) is 10.1. The van der Waals surface area contributed by atoms with E-state index < -0.39 is 47.5 Å². The molecule has 4 N–H and O–H groups in total. The van der Waals surface area contributed by atoms with Crippen LogP contribution < -0.4 is 16.4 Å². The van der Waals surface area contributed by atoms with Crippen LogP contribution in [0.25, 0.3) is 0 Å². The number of ether oxygens (including phenoxy) is 2. The topological polar surface area (TPSA) is 137 Å². The summed E-state index contributed by atoms with van der Waals surface area (Å²) in [5.74, 6) is -2.30. The molecule has 1 aromatic rings. The smallest absolute Gasteiger partial charge is 0.328 e. The van der Waals surface area contributed by atoms with E-state index in [2.05, 4.69) is 10.6 Å². The van der Waals surface area contributed by atoms with Crippen LogP contribution >= 0.6 is 0 Å². The van der Waals surface area contributed by atoms with Gasteiger partial charge in [-0.05, 0) is 39.7 Å². The molecule has 0 saturated carbocycles. The fourth-order valence-corrected chi connectivity index (χ4v) is 2.68. The number of esters is 2. The maximum atomic E-state index is 12.9. The molecule has 3 atom stereocenters. The maximum absolute atomic E-state index is 12.9. The van der Waals surface area contributed by atoms with Crippen molar-refractivity contribution < 1.29 is 28.7 Å². The molecular formula is C22H33N3O6. The van der Waals surface area contributed by atoms with Crippen LogP contribution in [0.2, 0.25) is 0 Å². The van der Waals surface area contributed by atoms with Gasteiger partial charge in [-0.1, -0.05) is 30.3 Å². The molecule has 0 spiro atoms. The molecule has 172 valence electrons. The zero-order valence-corrected chi connectivity index (χ0v) is 18.8. The highest BCUT2D eigenvalue weighted by Gasteiger charge is 2.29. The number of carbonyl (C=O) groups excluding carboxylic acids is 4. The van der Waals surface area contributed by atoms with Crippen molar-refractivity contribution in [3.05, 3.63) is 35.9 Å². The molecule has 0 heterocycles. The number of nitrogens with two attached hydrogens (primary N) is 1. The quantitative estimate of drug-likeness (QED) is 0.463. The van der Waals surface area contributed by atoms with Gasteiger partial charge in [-0.15, -0.1) is 0 Å². The molecule has 0 radical (unpaired) electrons. The first-order valence-electron chi connectivity index (χ1n) is 10.1. The second kappa shape index (κ2) is 12.0. The lowest BCUT2D eigenvalue weighted by molar-refractivity contribution is -0.155. The minimum Gasteiger partial charge on any atom is -0.467 e. The lowest BCUT2D eigenvalue weighted by Crippen LogP contribution is -2.54. The molecule has 9 nitrogen and oxygen atoms in total. The molecule has 2 amide bonds. The van der Waals surface area contributed by atoms with Gasteiger partial charge in [0, 0.05) is 12.8 Å². The number of hydrogen-bond donors (Lipinski definition) is 3. The Balaban J connectivity index is 2.92. The Hall–Kier alpha value is -2.94. The van der Waals surface area contributed by atoms with E-state index >= 15 is 0 Å². The third-order valence-electron chi connectivity index (χ3n) is 4.19. The van der Waals surface area contributed by atoms with Gasteiger partial charge in [-0.3, -0.25) is 14.4 Å². The highest BCUT2D eigenvalue weighted by molar-refractivity contribution is 5.92. The fourth-order valence-electron chi connectivity index (χ4n) is 2.68. The van der Waals surface area contributed by atoms with Crippen LogP contribution in [0.4, 0.5) is 0 Å². The van der Waals surface area contributed by atoms with Crippen LogP contribution in [0.5, 0.6) is 0 Å². The summed E-state index contributed by atoms with van der Waals surface area (Å²) in [7, 11) is 1.23. The van der Waals surface area contributed by atoms with Gasteiger partial charge in [0.25, 0.3) is 0 Å². The van der Waals surface area contributed by atoms with Crippen LogP contribution in [0, 0.1) is 0 Å². The Morgan fingerprint density at radius 2 is 1.58 bits per heavy atom. The Morgan fingerprint density at radius 1 is 1.00 bits per heavy atom. The number of carbonyl (C=O) groups is 4. The summed E-state index contributed by atoms with van der Waals surface area (Å²) in [4.78, 5) is 49.2. The number of benzene rings is 1. The van der Waals surface area contributed by atoms with Crippen LogP contribution in [-0.4, -0.2) is 54.6 Å². The molecule has 1 rings (SSSR count). The van der Waals surface area contributed by atoms with Crippen molar-refractivity contribution in [3.63, 3.8) is 0 Å². The minimum absolute atomic E-state index is 0.0154. The number of nitrogens with one attached hydrogen (secondary N) is 2. The standard InChI is InChI=1S/C22H33N3O6/c1-14(23)19(27)24-16(11-12-18(26)31-22(2,3)4)20(28)25-17(21(29)30-5)13-15-9-7-6-8-10-15/h6-10,14,16-17H,11-13,23H2,1-5H3,(H,24,27)(H,25,28)/t14-,16-,17-/m1/s1. The van der Waals surface area contributed by atoms with Crippen LogP contribution in [-0.2, 0) is 35.1 Å². The van der Waals surface area contributed by atoms with Gasteiger partial charge in [0.1, 0.15) is 17.7 Å². The van der Waals surface area contributed by atoms with Crippen molar-refractivity contribution >= 4 is 23.8 Å². The predicted octanol–water partition coefficient (Wildman–Crippen LogP) is 0.841. The maximum Gasteiger partial charge on any atom is 0.328 e. The van der Waals surface area contributed by atoms with Crippen molar-refractivity contribution in [2.75, 3.05) is 7.11 Å². The Labute approximate surface area is 183 Å². The summed E-state index contributed by atoms with van der Waals surface area (Å²) in [6.45, 7) is 6.68. The van der Waals surface area contributed by atoms with E-state index in [0.717, 1.165) is 5.56 Å². The number of methoxy groups -OCH3 is 1. The first kappa shape index (κ1) is 26.1. The minimum atomic E-state index is -1.08. The zero-order chi connectivity index (χ0) is 23.6.